The van der Waals surface area contributed by atoms with Gasteiger partial charge >= 0.3 is 0 Å². The van der Waals surface area contributed by atoms with Crippen LogP contribution in [-0.4, -0.2) is 25.0 Å². The topological polar surface area (TPSA) is 40.5 Å². The molecule has 0 fully saturated rings. The number of aliphatic hydroxyl groups excluding tert-OH is 1. The molecule has 0 aromatic heterocycles. The Hall–Kier alpha value is -2.55. The van der Waals surface area contributed by atoms with Crippen LogP contribution in [0.2, 0.25) is 0 Å². The van der Waals surface area contributed by atoms with Crippen LogP contribution in [0.1, 0.15) is 12.5 Å². The first-order valence-electron chi connectivity index (χ1n) is 7.36. The fourth-order valence-corrected chi connectivity index (χ4v) is 2.66. The molecule has 0 spiro atoms. The zero-order chi connectivity index (χ0) is 15.9. The van der Waals surface area contributed by atoms with E-state index in [1.807, 2.05) is 67.6 Å². The van der Waals surface area contributed by atoms with Crippen molar-refractivity contribution in [2.75, 3.05) is 19.0 Å². The van der Waals surface area contributed by atoms with Crippen LogP contribution in [0.4, 0.5) is 5.69 Å². The molecule has 0 heterocycles. The van der Waals surface area contributed by atoms with Crippen molar-refractivity contribution in [3.8, 4) is 0 Å². The Labute approximate surface area is 130 Å². The molecule has 3 heteroatoms. The average molecular weight is 293 g/mol. The van der Waals surface area contributed by atoms with Crippen LogP contribution in [0, 0.1) is 5.92 Å². The van der Waals surface area contributed by atoms with Gasteiger partial charge in [-0.1, -0.05) is 43.4 Å². The maximum Gasteiger partial charge on any atom is 0.201 e. The number of hydrogen-bond donors (Lipinski definition) is 1. The van der Waals surface area contributed by atoms with Gasteiger partial charge in [0.05, 0.1) is 11.1 Å². The van der Waals surface area contributed by atoms with E-state index in [0.717, 1.165) is 16.8 Å². The standard InChI is InChI=1S/C19H19NO2/c1-12-4-6-13(7-5-12)16-18(21)17(19(16)22)14-8-10-15(11-9-14)20(2)3/h4-12,21H,1-3H3. The van der Waals surface area contributed by atoms with Gasteiger partial charge in [0, 0.05) is 19.8 Å². The van der Waals surface area contributed by atoms with Gasteiger partial charge in [-0.15, -0.1) is 0 Å². The van der Waals surface area contributed by atoms with Gasteiger partial charge in [0.25, 0.3) is 0 Å². The Kier molecular flexibility index (Phi) is 3.49. The minimum absolute atomic E-state index is 0.0889. The number of allylic oxidation sites excluding steroid dienone is 7. The van der Waals surface area contributed by atoms with E-state index in [-0.39, 0.29) is 11.5 Å². The summed E-state index contributed by atoms with van der Waals surface area (Å²) >= 11 is 0. The molecular weight excluding hydrogens is 274 g/mol. The summed E-state index contributed by atoms with van der Waals surface area (Å²) in [5.41, 5.74) is 3.43. The number of carbonyl (C=O) groups excluding carboxylic acids is 1. The van der Waals surface area contributed by atoms with E-state index < -0.39 is 0 Å². The third-order valence-electron chi connectivity index (χ3n) is 4.05. The number of hydrogen-bond acceptors (Lipinski definition) is 3. The van der Waals surface area contributed by atoms with Crippen LogP contribution in [0.25, 0.3) is 5.57 Å². The summed E-state index contributed by atoms with van der Waals surface area (Å²) in [6.07, 6.45) is 7.85. The molecule has 3 nitrogen and oxygen atoms in total. The lowest BCUT2D eigenvalue weighted by Crippen LogP contribution is -2.23. The molecule has 0 bridgehead atoms. The van der Waals surface area contributed by atoms with Gasteiger partial charge in [-0.05, 0) is 29.2 Å². The molecule has 3 rings (SSSR count). The predicted octanol–water partition coefficient (Wildman–Crippen LogP) is 3.66. The number of benzene rings is 1. The molecule has 0 atom stereocenters. The SMILES string of the molecule is CC1C=CC(=C2C(=O)C(c3ccc(N(C)C)cc3)=C2O)C=C1. The van der Waals surface area contributed by atoms with Crippen LogP contribution in [0.15, 0.2) is 65.5 Å². The third-order valence-corrected chi connectivity index (χ3v) is 4.05. The summed E-state index contributed by atoms with van der Waals surface area (Å²) in [4.78, 5) is 14.4. The maximum atomic E-state index is 12.4. The fraction of sp³-hybridized carbons (Fsp3) is 0.211. The molecule has 2 aliphatic rings. The quantitative estimate of drug-likeness (QED) is 0.846. The first kappa shape index (κ1) is 14.4. The number of nitrogens with zero attached hydrogens (tertiary/aromatic N) is 1. The second kappa shape index (κ2) is 5.34. The highest BCUT2D eigenvalue weighted by Crippen LogP contribution is 2.39. The van der Waals surface area contributed by atoms with Gasteiger partial charge < -0.3 is 10.0 Å². The molecule has 112 valence electrons. The third kappa shape index (κ3) is 2.29. The summed E-state index contributed by atoms with van der Waals surface area (Å²) in [6, 6.07) is 7.62. The van der Waals surface area contributed by atoms with E-state index in [4.69, 9.17) is 0 Å². The van der Waals surface area contributed by atoms with Gasteiger partial charge in [0.15, 0.2) is 0 Å². The lowest BCUT2D eigenvalue weighted by molar-refractivity contribution is -0.111. The second-order valence-electron chi connectivity index (χ2n) is 5.90. The van der Waals surface area contributed by atoms with Crippen LogP contribution in [0.3, 0.4) is 0 Å². The minimum Gasteiger partial charge on any atom is -0.506 e. The van der Waals surface area contributed by atoms with Crippen LogP contribution in [0.5, 0.6) is 0 Å². The number of Topliss-reactive ketones (excluding diaryl/α,β-unsaturated/α-hetero) is 1. The summed E-state index contributed by atoms with van der Waals surface area (Å²) in [5, 5.41) is 10.3. The van der Waals surface area contributed by atoms with Crippen molar-refractivity contribution < 1.29 is 9.90 Å². The van der Waals surface area contributed by atoms with Crippen LogP contribution < -0.4 is 4.90 Å². The number of carbonyl (C=O) groups is 1. The molecule has 0 unspecified atom stereocenters. The van der Waals surface area contributed by atoms with Gasteiger partial charge in [-0.2, -0.15) is 0 Å². The predicted molar refractivity (Wildman–Crippen MR) is 89.8 cm³/mol. The number of anilines is 1. The zero-order valence-corrected chi connectivity index (χ0v) is 13.0. The van der Waals surface area contributed by atoms with E-state index >= 15 is 0 Å². The number of aliphatic hydroxyl groups is 1. The summed E-state index contributed by atoms with van der Waals surface area (Å²) < 4.78 is 0. The molecular formula is C19H19NO2. The molecule has 0 saturated carbocycles. The molecule has 2 aliphatic carbocycles. The Morgan fingerprint density at radius 2 is 1.59 bits per heavy atom. The van der Waals surface area contributed by atoms with Crippen molar-refractivity contribution in [1.82, 2.24) is 0 Å². The smallest absolute Gasteiger partial charge is 0.201 e. The Morgan fingerprint density at radius 1 is 1.00 bits per heavy atom. The van der Waals surface area contributed by atoms with E-state index in [2.05, 4.69) is 6.92 Å². The molecule has 0 saturated heterocycles. The highest BCUT2D eigenvalue weighted by Gasteiger charge is 2.36. The van der Waals surface area contributed by atoms with E-state index in [9.17, 15) is 9.90 Å². The van der Waals surface area contributed by atoms with Crippen LogP contribution in [-0.2, 0) is 4.79 Å². The lowest BCUT2D eigenvalue weighted by Gasteiger charge is -2.24. The highest BCUT2D eigenvalue weighted by atomic mass is 16.3. The van der Waals surface area contributed by atoms with Crippen LogP contribution >= 0.6 is 0 Å². The Morgan fingerprint density at radius 3 is 2.09 bits per heavy atom. The van der Waals surface area contributed by atoms with Crippen molar-refractivity contribution in [2.24, 2.45) is 5.92 Å². The zero-order valence-electron chi connectivity index (χ0n) is 13.0. The van der Waals surface area contributed by atoms with Gasteiger partial charge in [-0.25, -0.2) is 0 Å². The molecule has 0 amide bonds. The van der Waals surface area contributed by atoms with Crippen molar-refractivity contribution >= 4 is 17.0 Å². The van der Waals surface area contributed by atoms with Gasteiger partial charge in [0.2, 0.25) is 5.78 Å². The first-order valence-corrected chi connectivity index (χ1v) is 7.36. The second-order valence-corrected chi connectivity index (χ2v) is 5.90. The monoisotopic (exact) mass is 293 g/mol. The normalized spacial score (nSPS) is 20.5. The fourth-order valence-electron chi connectivity index (χ4n) is 2.66. The van der Waals surface area contributed by atoms with E-state index in [0.29, 0.717) is 17.1 Å². The van der Waals surface area contributed by atoms with Crippen molar-refractivity contribution in [2.45, 2.75) is 6.92 Å². The summed E-state index contributed by atoms with van der Waals surface area (Å²) in [5.74, 6) is 0.374. The van der Waals surface area contributed by atoms with Gasteiger partial charge in [-0.3, -0.25) is 4.79 Å². The van der Waals surface area contributed by atoms with E-state index in [1.165, 1.54) is 0 Å². The van der Waals surface area contributed by atoms with Crippen molar-refractivity contribution in [3.63, 3.8) is 0 Å². The molecule has 0 aliphatic heterocycles. The summed E-state index contributed by atoms with van der Waals surface area (Å²) in [7, 11) is 3.93. The van der Waals surface area contributed by atoms with E-state index in [1.54, 1.807) is 0 Å². The minimum atomic E-state index is -0.0889. The largest absolute Gasteiger partial charge is 0.506 e. The Bertz CT molecular complexity index is 730. The molecule has 22 heavy (non-hydrogen) atoms. The number of rotatable bonds is 2. The Balaban J connectivity index is 1.97. The van der Waals surface area contributed by atoms with Crippen molar-refractivity contribution in [3.05, 3.63) is 71.0 Å². The molecule has 1 aromatic rings. The first-order chi connectivity index (χ1) is 10.5. The average Bonchev–Trinajstić information content (AvgIpc) is 2.50. The lowest BCUT2D eigenvalue weighted by atomic mass is 9.80. The number of ketones is 1. The summed E-state index contributed by atoms with van der Waals surface area (Å²) in [6.45, 7) is 2.07. The van der Waals surface area contributed by atoms with Crippen molar-refractivity contribution in [1.29, 1.82) is 0 Å². The maximum absolute atomic E-state index is 12.4. The van der Waals surface area contributed by atoms with Gasteiger partial charge in [0.1, 0.15) is 5.76 Å². The molecule has 0 radical (unpaired) electrons. The molecule has 1 N–H and O–H groups in total. The molecule has 1 aromatic carbocycles. The highest BCUT2D eigenvalue weighted by molar-refractivity contribution is 6.39.